The summed E-state index contributed by atoms with van der Waals surface area (Å²) in [6.45, 7) is 1.33. The van der Waals surface area contributed by atoms with Crippen molar-refractivity contribution in [1.82, 2.24) is 14.5 Å². The number of likely N-dealkylation sites (tertiary alicyclic amines) is 1. The van der Waals surface area contributed by atoms with Gasteiger partial charge in [-0.3, -0.25) is 9.10 Å². The predicted molar refractivity (Wildman–Crippen MR) is 115 cm³/mol. The average molecular weight is 425 g/mol. The van der Waals surface area contributed by atoms with Gasteiger partial charge in [0.25, 0.3) is 15.9 Å². The number of hydrogen-bond donors (Lipinski definition) is 0. The fourth-order valence-electron chi connectivity index (χ4n) is 3.74. The molecule has 4 rings (SSSR count). The lowest BCUT2D eigenvalue weighted by atomic mass is 10.0. The molecule has 0 saturated carbocycles. The van der Waals surface area contributed by atoms with Gasteiger partial charge in [-0.15, -0.1) is 0 Å². The molecule has 0 N–H and O–H groups in total. The van der Waals surface area contributed by atoms with Crippen LogP contribution in [0.5, 0.6) is 0 Å². The molecule has 0 unspecified atom stereocenters. The summed E-state index contributed by atoms with van der Waals surface area (Å²) in [7, 11) is -2.17. The number of hydrogen-bond acceptors (Lipinski definition) is 4. The summed E-state index contributed by atoms with van der Waals surface area (Å²) >= 11 is 0. The first kappa shape index (κ1) is 20.2. The van der Waals surface area contributed by atoms with E-state index in [1.165, 1.54) is 23.5 Å². The molecule has 30 heavy (non-hydrogen) atoms. The van der Waals surface area contributed by atoms with Gasteiger partial charge in [0.05, 0.1) is 16.9 Å². The topological polar surface area (TPSA) is 75.5 Å². The molecule has 1 aliphatic rings. The molecule has 0 radical (unpaired) electrons. The van der Waals surface area contributed by atoms with E-state index < -0.39 is 10.0 Å². The fourth-order valence-corrected chi connectivity index (χ4v) is 4.93. The number of imidazole rings is 1. The molecule has 2 heterocycles. The standard InChI is InChI=1S/C22H24N4O3S/c1-24(19-5-3-2-4-6-19)30(28,29)21-9-7-18(8-10-21)22(27)25-14-11-20(12-15-25)26-16-13-23-17-26/h2-10,13,16-17,20H,11-12,14-15H2,1H3. The summed E-state index contributed by atoms with van der Waals surface area (Å²) < 4.78 is 29.1. The lowest BCUT2D eigenvalue weighted by Gasteiger charge is -2.32. The number of rotatable bonds is 5. The molecule has 156 valence electrons. The first-order chi connectivity index (χ1) is 14.5. The van der Waals surface area contributed by atoms with Gasteiger partial charge in [0.1, 0.15) is 0 Å². The third-order valence-corrected chi connectivity index (χ3v) is 7.38. The number of carbonyl (C=O) groups is 1. The Balaban J connectivity index is 1.44. The van der Waals surface area contributed by atoms with Crippen LogP contribution >= 0.6 is 0 Å². The lowest BCUT2D eigenvalue weighted by Crippen LogP contribution is -2.39. The maximum atomic E-state index is 12.9. The quantitative estimate of drug-likeness (QED) is 0.630. The van der Waals surface area contributed by atoms with Gasteiger partial charge < -0.3 is 9.47 Å². The van der Waals surface area contributed by atoms with Crippen LogP contribution in [-0.2, 0) is 10.0 Å². The monoisotopic (exact) mass is 424 g/mol. The molecule has 7 nitrogen and oxygen atoms in total. The molecule has 0 spiro atoms. The summed E-state index contributed by atoms with van der Waals surface area (Å²) in [6, 6.07) is 15.4. The Hall–Kier alpha value is -3.13. The molecule has 3 aromatic rings. The fraction of sp³-hybridized carbons (Fsp3) is 0.273. The summed E-state index contributed by atoms with van der Waals surface area (Å²) in [5.41, 5.74) is 1.08. The van der Waals surface area contributed by atoms with Crippen LogP contribution in [0.15, 0.2) is 78.2 Å². The number of para-hydroxylation sites is 1. The van der Waals surface area contributed by atoms with Crippen molar-refractivity contribution in [3.05, 3.63) is 78.9 Å². The summed E-state index contributed by atoms with van der Waals surface area (Å²) in [5, 5.41) is 0. The number of sulfonamides is 1. The highest BCUT2D eigenvalue weighted by atomic mass is 32.2. The van der Waals surface area contributed by atoms with Crippen LogP contribution in [0, 0.1) is 0 Å². The summed E-state index contributed by atoms with van der Waals surface area (Å²) in [5.74, 6) is -0.0700. The van der Waals surface area contributed by atoms with E-state index in [0.29, 0.717) is 30.4 Å². The number of anilines is 1. The molecule has 0 aliphatic carbocycles. The smallest absolute Gasteiger partial charge is 0.264 e. The van der Waals surface area contributed by atoms with E-state index in [1.807, 2.05) is 23.5 Å². The van der Waals surface area contributed by atoms with Crippen molar-refractivity contribution in [2.24, 2.45) is 0 Å². The zero-order chi connectivity index (χ0) is 21.1. The zero-order valence-corrected chi connectivity index (χ0v) is 17.6. The minimum atomic E-state index is -3.69. The molecule has 1 fully saturated rings. The summed E-state index contributed by atoms with van der Waals surface area (Å²) in [4.78, 5) is 18.9. The van der Waals surface area contributed by atoms with Gasteiger partial charge in [0.15, 0.2) is 0 Å². The number of benzene rings is 2. The van der Waals surface area contributed by atoms with Crippen molar-refractivity contribution < 1.29 is 13.2 Å². The Morgan fingerprint density at radius 3 is 2.30 bits per heavy atom. The Morgan fingerprint density at radius 1 is 1.03 bits per heavy atom. The summed E-state index contributed by atoms with van der Waals surface area (Å²) in [6.07, 6.45) is 7.27. The van der Waals surface area contributed by atoms with Gasteiger partial charge >= 0.3 is 0 Å². The molecule has 1 aliphatic heterocycles. The van der Waals surface area contributed by atoms with E-state index in [0.717, 1.165) is 12.8 Å². The Bertz CT molecular complexity index is 1090. The van der Waals surface area contributed by atoms with Gasteiger partial charge in [-0.1, -0.05) is 18.2 Å². The van der Waals surface area contributed by atoms with Crippen molar-refractivity contribution in [2.45, 2.75) is 23.8 Å². The normalized spacial score (nSPS) is 15.2. The van der Waals surface area contributed by atoms with E-state index in [1.54, 1.807) is 42.6 Å². The first-order valence-electron chi connectivity index (χ1n) is 9.87. The molecular formula is C22H24N4O3S. The van der Waals surface area contributed by atoms with Gasteiger partial charge in [-0.2, -0.15) is 0 Å². The van der Waals surface area contributed by atoms with E-state index in [4.69, 9.17) is 0 Å². The Kier molecular flexibility index (Phi) is 5.59. The van der Waals surface area contributed by atoms with Crippen LogP contribution in [-0.4, -0.2) is 48.9 Å². The first-order valence-corrected chi connectivity index (χ1v) is 11.3. The van der Waals surface area contributed by atoms with Crippen molar-refractivity contribution in [3.8, 4) is 0 Å². The Labute approximate surface area is 176 Å². The van der Waals surface area contributed by atoms with E-state index in [-0.39, 0.29) is 10.8 Å². The molecular weight excluding hydrogens is 400 g/mol. The highest BCUT2D eigenvalue weighted by molar-refractivity contribution is 7.92. The van der Waals surface area contributed by atoms with Gasteiger partial charge in [-0.05, 0) is 49.2 Å². The van der Waals surface area contributed by atoms with Crippen molar-refractivity contribution in [2.75, 3.05) is 24.4 Å². The molecule has 1 amide bonds. The largest absolute Gasteiger partial charge is 0.338 e. The number of amides is 1. The van der Waals surface area contributed by atoms with Gasteiger partial charge in [0.2, 0.25) is 0 Å². The predicted octanol–water partition coefficient (Wildman–Crippen LogP) is 3.19. The number of nitrogens with zero attached hydrogens (tertiary/aromatic N) is 4. The second-order valence-corrected chi connectivity index (χ2v) is 9.33. The second-order valence-electron chi connectivity index (χ2n) is 7.37. The van der Waals surface area contributed by atoms with Crippen LogP contribution in [0.3, 0.4) is 0 Å². The van der Waals surface area contributed by atoms with Gasteiger partial charge in [-0.25, -0.2) is 13.4 Å². The SMILES string of the molecule is CN(c1ccccc1)S(=O)(=O)c1ccc(C(=O)N2CCC(n3ccnc3)CC2)cc1. The third kappa shape index (κ3) is 3.95. The van der Waals surface area contributed by atoms with Crippen LogP contribution in [0.2, 0.25) is 0 Å². The van der Waals surface area contributed by atoms with Gasteiger partial charge in [0, 0.05) is 44.1 Å². The molecule has 2 aromatic carbocycles. The third-order valence-electron chi connectivity index (χ3n) is 5.58. The van der Waals surface area contributed by atoms with Crippen LogP contribution in [0.4, 0.5) is 5.69 Å². The maximum absolute atomic E-state index is 12.9. The molecule has 1 aromatic heterocycles. The van der Waals surface area contributed by atoms with Crippen LogP contribution in [0.1, 0.15) is 29.2 Å². The number of carbonyl (C=O) groups excluding carboxylic acids is 1. The van der Waals surface area contributed by atoms with E-state index in [9.17, 15) is 13.2 Å². The zero-order valence-electron chi connectivity index (χ0n) is 16.8. The number of piperidine rings is 1. The average Bonchev–Trinajstić information content (AvgIpc) is 3.34. The minimum Gasteiger partial charge on any atom is -0.338 e. The van der Waals surface area contributed by atoms with Crippen molar-refractivity contribution in [3.63, 3.8) is 0 Å². The van der Waals surface area contributed by atoms with Crippen LogP contribution in [0.25, 0.3) is 0 Å². The molecule has 0 bridgehead atoms. The van der Waals surface area contributed by atoms with Crippen LogP contribution < -0.4 is 4.31 Å². The second kappa shape index (κ2) is 8.31. The molecule has 8 heteroatoms. The van der Waals surface area contributed by atoms with Crippen molar-refractivity contribution >= 4 is 21.6 Å². The Morgan fingerprint density at radius 2 is 1.70 bits per heavy atom. The molecule has 0 atom stereocenters. The van der Waals surface area contributed by atoms with Crippen molar-refractivity contribution in [1.29, 1.82) is 0 Å². The highest BCUT2D eigenvalue weighted by Gasteiger charge is 2.25. The minimum absolute atomic E-state index is 0.0700. The highest BCUT2D eigenvalue weighted by Crippen LogP contribution is 2.25. The van der Waals surface area contributed by atoms with E-state index >= 15 is 0 Å². The number of aromatic nitrogens is 2. The molecule has 1 saturated heterocycles. The maximum Gasteiger partial charge on any atom is 0.264 e. The van der Waals surface area contributed by atoms with E-state index in [2.05, 4.69) is 9.55 Å². The lowest BCUT2D eigenvalue weighted by molar-refractivity contribution is 0.0694.